The molecule has 10 heteroatoms. The SMILES string of the molecule is OCC1CCCN(c2cccc(-c3c4cccc(C(F)(F)F)c4nn3Cc3c(F)cc(F)cc3F)c2)C1. The molecule has 0 radical (unpaired) electrons. The molecule has 1 aromatic heterocycles. The van der Waals surface area contributed by atoms with E-state index in [2.05, 4.69) is 10.00 Å². The van der Waals surface area contributed by atoms with Crippen molar-refractivity contribution >= 4 is 16.6 Å². The van der Waals surface area contributed by atoms with Crippen LogP contribution in [0, 0.1) is 23.4 Å². The summed E-state index contributed by atoms with van der Waals surface area (Å²) in [5.74, 6) is -3.30. The van der Waals surface area contributed by atoms with Gasteiger partial charge in [-0.1, -0.05) is 24.3 Å². The van der Waals surface area contributed by atoms with E-state index in [-0.39, 0.29) is 29.1 Å². The number of piperidine rings is 1. The molecule has 37 heavy (non-hydrogen) atoms. The van der Waals surface area contributed by atoms with E-state index in [0.717, 1.165) is 35.8 Å². The number of alkyl halides is 3. The summed E-state index contributed by atoms with van der Waals surface area (Å²) in [6.07, 6.45) is -2.91. The van der Waals surface area contributed by atoms with Crippen molar-refractivity contribution in [3.63, 3.8) is 0 Å². The van der Waals surface area contributed by atoms with Crippen molar-refractivity contribution in [1.29, 1.82) is 0 Å². The van der Waals surface area contributed by atoms with Crippen molar-refractivity contribution in [1.82, 2.24) is 9.78 Å². The molecule has 4 aromatic rings. The number of anilines is 1. The van der Waals surface area contributed by atoms with Crippen LogP contribution in [0.5, 0.6) is 0 Å². The van der Waals surface area contributed by atoms with E-state index < -0.39 is 41.3 Å². The third-order valence-electron chi connectivity index (χ3n) is 6.75. The Morgan fingerprint density at radius 3 is 2.41 bits per heavy atom. The average Bonchev–Trinajstić information content (AvgIpc) is 3.23. The first-order valence-corrected chi connectivity index (χ1v) is 11.8. The van der Waals surface area contributed by atoms with Gasteiger partial charge in [0.1, 0.15) is 23.0 Å². The van der Waals surface area contributed by atoms with Gasteiger partial charge in [-0.15, -0.1) is 0 Å². The molecule has 1 aliphatic rings. The Labute approximate surface area is 208 Å². The highest BCUT2D eigenvalue weighted by Gasteiger charge is 2.35. The van der Waals surface area contributed by atoms with Crippen LogP contribution >= 0.6 is 0 Å². The molecule has 4 nitrogen and oxygen atoms in total. The fourth-order valence-electron chi connectivity index (χ4n) is 4.97. The lowest BCUT2D eigenvalue weighted by Crippen LogP contribution is -2.36. The molecular weight excluding hydrogens is 496 g/mol. The number of halogens is 6. The van der Waals surface area contributed by atoms with Gasteiger partial charge >= 0.3 is 6.18 Å². The maximum atomic E-state index is 14.5. The maximum Gasteiger partial charge on any atom is 0.418 e. The maximum absolute atomic E-state index is 14.5. The third-order valence-corrected chi connectivity index (χ3v) is 6.75. The first kappa shape index (κ1) is 25.1. The summed E-state index contributed by atoms with van der Waals surface area (Å²) in [5, 5.41) is 13.9. The Kier molecular flexibility index (Phi) is 6.61. The summed E-state index contributed by atoms with van der Waals surface area (Å²) in [7, 11) is 0. The Hall–Kier alpha value is -3.53. The summed E-state index contributed by atoms with van der Waals surface area (Å²) >= 11 is 0. The quantitative estimate of drug-likeness (QED) is 0.311. The van der Waals surface area contributed by atoms with Crippen LogP contribution < -0.4 is 4.90 Å². The Morgan fingerprint density at radius 2 is 1.70 bits per heavy atom. The van der Waals surface area contributed by atoms with Crippen molar-refractivity contribution in [3.05, 3.63) is 83.2 Å². The number of aliphatic hydroxyl groups excluding tert-OH is 1. The minimum atomic E-state index is -4.70. The molecule has 194 valence electrons. The van der Waals surface area contributed by atoms with Gasteiger partial charge in [-0.25, -0.2) is 13.2 Å². The first-order chi connectivity index (χ1) is 17.7. The second-order valence-corrected chi connectivity index (χ2v) is 9.24. The van der Waals surface area contributed by atoms with Gasteiger partial charge in [0.2, 0.25) is 0 Å². The highest BCUT2D eigenvalue weighted by atomic mass is 19.4. The molecule has 3 aromatic carbocycles. The highest BCUT2D eigenvalue weighted by molar-refractivity contribution is 5.95. The predicted octanol–water partition coefficient (Wildman–Crippen LogP) is 6.40. The summed E-state index contributed by atoms with van der Waals surface area (Å²) in [6, 6.07) is 11.8. The van der Waals surface area contributed by atoms with Crippen molar-refractivity contribution in [2.24, 2.45) is 5.92 Å². The number of rotatable bonds is 5. The normalized spacial score (nSPS) is 16.5. The lowest BCUT2D eigenvalue weighted by Gasteiger charge is -2.33. The van der Waals surface area contributed by atoms with Gasteiger partial charge in [-0.3, -0.25) is 4.68 Å². The number of hydrogen-bond acceptors (Lipinski definition) is 3. The van der Waals surface area contributed by atoms with Crippen molar-refractivity contribution < 1.29 is 31.4 Å². The van der Waals surface area contributed by atoms with Crippen LogP contribution in [0.2, 0.25) is 0 Å². The minimum absolute atomic E-state index is 0.0582. The lowest BCUT2D eigenvalue weighted by molar-refractivity contribution is -0.136. The van der Waals surface area contributed by atoms with Crippen LogP contribution in [0.15, 0.2) is 54.6 Å². The number of benzene rings is 3. The van der Waals surface area contributed by atoms with E-state index in [1.807, 2.05) is 6.07 Å². The van der Waals surface area contributed by atoms with E-state index >= 15 is 0 Å². The van der Waals surface area contributed by atoms with Crippen molar-refractivity contribution in [3.8, 4) is 11.3 Å². The number of aromatic nitrogens is 2. The number of fused-ring (bicyclic) bond motifs is 1. The molecule has 1 fully saturated rings. The minimum Gasteiger partial charge on any atom is -0.396 e. The third kappa shape index (κ3) is 4.90. The number of nitrogens with zero attached hydrogens (tertiary/aromatic N) is 3. The van der Waals surface area contributed by atoms with Gasteiger partial charge in [0.15, 0.2) is 0 Å². The molecule has 1 saturated heterocycles. The second-order valence-electron chi connectivity index (χ2n) is 9.24. The topological polar surface area (TPSA) is 41.3 Å². The largest absolute Gasteiger partial charge is 0.418 e. The van der Waals surface area contributed by atoms with Gasteiger partial charge in [0, 0.05) is 54.0 Å². The van der Waals surface area contributed by atoms with Crippen LogP contribution in [0.1, 0.15) is 24.0 Å². The van der Waals surface area contributed by atoms with Gasteiger partial charge < -0.3 is 10.0 Å². The monoisotopic (exact) mass is 519 g/mol. The molecule has 0 aliphatic carbocycles. The Balaban J connectivity index is 1.67. The summed E-state index contributed by atoms with van der Waals surface area (Å²) in [6.45, 7) is 0.900. The average molecular weight is 519 g/mol. The molecule has 0 bridgehead atoms. The first-order valence-electron chi connectivity index (χ1n) is 11.8. The van der Waals surface area contributed by atoms with E-state index in [0.29, 0.717) is 24.2 Å². The fraction of sp³-hybridized carbons (Fsp3) is 0.296. The molecule has 0 amide bonds. The predicted molar refractivity (Wildman–Crippen MR) is 128 cm³/mol. The van der Waals surface area contributed by atoms with Crippen molar-refractivity contribution in [2.75, 3.05) is 24.6 Å². The van der Waals surface area contributed by atoms with Crippen molar-refractivity contribution in [2.45, 2.75) is 25.6 Å². The molecule has 0 spiro atoms. The zero-order chi connectivity index (χ0) is 26.3. The van der Waals surface area contributed by atoms with Crippen LogP contribution in [0.3, 0.4) is 0 Å². The van der Waals surface area contributed by atoms with Crippen LogP contribution in [-0.2, 0) is 12.7 Å². The number of aliphatic hydroxyl groups is 1. The van der Waals surface area contributed by atoms with Crippen LogP contribution in [0.25, 0.3) is 22.2 Å². The lowest BCUT2D eigenvalue weighted by atomic mass is 9.98. The summed E-state index contributed by atoms with van der Waals surface area (Å²) in [5.41, 5.74) is -0.264. The van der Waals surface area contributed by atoms with Crippen LogP contribution in [0.4, 0.5) is 32.0 Å². The standard InChI is InChI=1S/C27H23F6N3O/c28-18-11-23(29)21(24(30)12-18)14-36-26(20-7-2-8-22(25(20)34-36)27(31,32)33)17-5-1-6-19(10-17)35-9-3-4-16(13-35)15-37/h1-2,5-8,10-12,16,37H,3-4,9,13-15H2. The zero-order valence-electron chi connectivity index (χ0n) is 19.6. The van der Waals surface area contributed by atoms with Gasteiger partial charge in [-0.2, -0.15) is 18.3 Å². The van der Waals surface area contributed by atoms with Gasteiger partial charge in [-0.05, 0) is 37.0 Å². The molecule has 0 saturated carbocycles. The van der Waals surface area contributed by atoms with E-state index in [1.54, 1.807) is 18.2 Å². The van der Waals surface area contributed by atoms with Gasteiger partial charge in [0.25, 0.3) is 0 Å². The molecule has 5 rings (SSSR count). The fourth-order valence-corrected chi connectivity index (χ4v) is 4.97. The van der Waals surface area contributed by atoms with E-state index in [9.17, 15) is 31.4 Å². The molecular formula is C27H23F6N3O. The van der Waals surface area contributed by atoms with Crippen LogP contribution in [-0.4, -0.2) is 34.6 Å². The molecule has 2 heterocycles. The zero-order valence-corrected chi connectivity index (χ0v) is 19.6. The number of hydrogen-bond donors (Lipinski definition) is 1. The smallest absolute Gasteiger partial charge is 0.396 e. The molecule has 1 unspecified atom stereocenters. The Bertz CT molecular complexity index is 1430. The highest BCUT2D eigenvalue weighted by Crippen LogP contribution is 2.39. The van der Waals surface area contributed by atoms with E-state index in [1.165, 1.54) is 12.1 Å². The molecule has 1 atom stereocenters. The second kappa shape index (κ2) is 9.74. The molecule has 1 N–H and O–H groups in total. The van der Waals surface area contributed by atoms with E-state index in [4.69, 9.17) is 0 Å². The Morgan fingerprint density at radius 1 is 0.973 bits per heavy atom. The van der Waals surface area contributed by atoms with Gasteiger partial charge in [0.05, 0.1) is 17.8 Å². The summed E-state index contributed by atoms with van der Waals surface area (Å²) < 4.78 is 85.0. The molecule has 1 aliphatic heterocycles. The summed E-state index contributed by atoms with van der Waals surface area (Å²) in [4.78, 5) is 2.09.